The lowest BCUT2D eigenvalue weighted by Crippen LogP contribution is -2.33. The zero-order chi connectivity index (χ0) is 14.5. The maximum atomic E-state index is 12.0. The molecule has 0 bridgehead atoms. The molecule has 0 radical (unpaired) electrons. The van der Waals surface area contributed by atoms with Gasteiger partial charge in [0.15, 0.2) is 0 Å². The van der Waals surface area contributed by atoms with Crippen molar-refractivity contribution in [3.8, 4) is 0 Å². The lowest BCUT2D eigenvalue weighted by molar-refractivity contribution is -0.142. The summed E-state index contributed by atoms with van der Waals surface area (Å²) in [6.45, 7) is 0.445. The predicted octanol–water partition coefficient (Wildman–Crippen LogP) is 2.64. The van der Waals surface area contributed by atoms with E-state index >= 15 is 0 Å². The van der Waals surface area contributed by atoms with Crippen molar-refractivity contribution < 1.29 is 14.7 Å². The molecule has 0 aromatic heterocycles. The minimum atomic E-state index is -0.744. The van der Waals surface area contributed by atoms with Gasteiger partial charge in [0.05, 0.1) is 5.92 Å². The Kier molecular flexibility index (Phi) is 5.06. The van der Waals surface area contributed by atoms with E-state index in [-0.39, 0.29) is 17.7 Å². The largest absolute Gasteiger partial charge is 0.481 e. The van der Waals surface area contributed by atoms with Gasteiger partial charge in [-0.2, -0.15) is 0 Å². The number of rotatable bonds is 5. The molecule has 1 aliphatic rings. The van der Waals surface area contributed by atoms with Gasteiger partial charge in [0.2, 0.25) is 0 Å². The third kappa shape index (κ3) is 3.54. The van der Waals surface area contributed by atoms with Crippen molar-refractivity contribution in [2.75, 3.05) is 12.8 Å². The van der Waals surface area contributed by atoms with Gasteiger partial charge in [0.25, 0.3) is 5.91 Å². The first kappa shape index (κ1) is 14.9. The molecule has 2 atom stereocenters. The van der Waals surface area contributed by atoms with Crippen LogP contribution in [0.5, 0.6) is 0 Å². The summed E-state index contributed by atoms with van der Waals surface area (Å²) >= 11 is 1.63. The van der Waals surface area contributed by atoms with Crippen LogP contribution < -0.4 is 5.32 Å². The second-order valence-corrected chi connectivity index (χ2v) is 5.95. The molecular weight excluding hydrogens is 274 g/mol. The number of hydrogen-bond donors (Lipinski definition) is 2. The first-order chi connectivity index (χ1) is 9.61. The van der Waals surface area contributed by atoms with Gasteiger partial charge >= 0.3 is 5.97 Å². The molecule has 4 nitrogen and oxygen atoms in total. The number of aliphatic carboxylic acids is 1. The number of carboxylic acid groups (broad SMARTS) is 1. The average Bonchev–Trinajstić information content (AvgIpc) is 2.93. The summed E-state index contributed by atoms with van der Waals surface area (Å²) in [6.07, 6.45) is 4.52. The van der Waals surface area contributed by atoms with E-state index in [9.17, 15) is 9.59 Å². The van der Waals surface area contributed by atoms with E-state index in [1.807, 2.05) is 18.4 Å². The third-order valence-electron chi connectivity index (χ3n) is 3.85. The fourth-order valence-corrected chi connectivity index (χ4v) is 3.08. The zero-order valence-electron chi connectivity index (χ0n) is 11.5. The van der Waals surface area contributed by atoms with Gasteiger partial charge < -0.3 is 10.4 Å². The molecule has 5 heteroatoms. The number of benzene rings is 1. The Bertz CT molecular complexity index is 486. The van der Waals surface area contributed by atoms with Gasteiger partial charge in [-0.3, -0.25) is 9.59 Å². The smallest absolute Gasteiger partial charge is 0.306 e. The first-order valence-electron chi connectivity index (χ1n) is 6.77. The Morgan fingerprint density at radius 1 is 1.30 bits per heavy atom. The van der Waals surface area contributed by atoms with Crippen LogP contribution in [-0.4, -0.2) is 29.8 Å². The molecule has 0 spiro atoms. The van der Waals surface area contributed by atoms with Crippen molar-refractivity contribution in [2.45, 2.75) is 24.2 Å². The van der Waals surface area contributed by atoms with E-state index in [0.29, 0.717) is 12.1 Å². The van der Waals surface area contributed by atoms with Gasteiger partial charge in [-0.1, -0.05) is 6.42 Å². The summed E-state index contributed by atoms with van der Waals surface area (Å²) < 4.78 is 0. The van der Waals surface area contributed by atoms with Crippen LogP contribution in [0, 0.1) is 11.8 Å². The molecule has 1 aromatic rings. The van der Waals surface area contributed by atoms with Gasteiger partial charge in [-0.05, 0) is 49.3 Å². The number of thioether (sulfide) groups is 1. The third-order valence-corrected chi connectivity index (χ3v) is 4.60. The SMILES string of the molecule is CSc1ccc(C(=O)NCC2CCCC2C(=O)O)cc1. The predicted molar refractivity (Wildman–Crippen MR) is 79.0 cm³/mol. The maximum absolute atomic E-state index is 12.0. The highest BCUT2D eigenvalue weighted by Crippen LogP contribution is 2.31. The Hall–Kier alpha value is -1.49. The molecule has 108 valence electrons. The molecule has 20 heavy (non-hydrogen) atoms. The van der Waals surface area contributed by atoms with Gasteiger partial charge in [-0.15, -0.1) is 11.8 Å². The average molecular weight is 293 g/mol. The highest BCUT2D eigenvalue weighted by Gasteiger charge is 2.32. The van der Waals surface area contributed by atoms with Crippen LogP contribution in [0.4, 0.5) is 0 Å². The summed E-state index contributed by atoms with van der Waals surface area (Å²) in [5, 5.41) is 12.0. The summed E-state index contributed by atoms with van der Waals surface area (Å²) in [7, 11) is 0. The topological polar surface area (TPSA) is 66.4 Å². The Balaban J connectivity index is 1.89. The van der Waals surface area contributed by atoms with Gasteiger partial charge in [0.1, 0.15) is 0 Å². The lowest BCUT2D eigenvalue weighted by Gasteiger charge is -2.16. The molecule has 1 saturated carbocycles. The number of amides is 1. The van der Waals surface area contributed by atoms with Crippen molar-refractivity contribution in [1.82, 2.24) is 5.32 Å². The number of hydrogen-bond acceptors (Lipinski definition) is 3. The summed E-state index contributed by atoms with van der Waals surface area (Å²) in [4.78, 5) is 24.2. The summed E-state index contributed by atoms with van der Waals surface area (Å²) in [6, 6.07) is 7.42. The Morgan fingerprint density at radius 2 is 2.00 bits per heavy atom. The highest BCUT2D eigenvalue weighted by atomic mass is 32.2. The van der Waals surface area contributed by atoms with E-state index < -0.39 is 5.97 Å². The van der Waals surface area contributed by atoms with E-state index in [1.54, 1.807) is 23.9 Å². The van der Waals surface area contributed by atoms with Crippen LogP contribution >= 0.6 is 11.8 Å². The number of carboxylic acids is 1. The van der Waals surface area contributed by atoms with Crippen LogP contribution in [0.2, 0.25) is 0 Å². The quantitative estimate of drug-likeness (QED) is 0.819. The van der Waals surface area contributed by atoms with E-state index in [2.05, 4.69) is 5.32 Å². The van der Waals surface area contributed by atoms with Crippen molar-refractivity contribution in [3.05, 3.63) is 29.8 Å². The van der Waals surface area contributed by atoms with Crippen LogP contribution in [0.1, 0.15) is 29.6 Å². The van der Waals surface area contributed by atoms with E-state index in [1.165, 1.54) is 0 Å². The highest BCUT2D eigenvalue weighted by molar-refractivity contribution is 7.98. The minimum Gasteiger partial charge on any atom is -0.481 e. The fourth-order valence-electron chi connectivity index (χ4n) is 2.67. The molecule has 1 aromatic carbocycles. The molecule has 2 N–H and O–H groups in total. The summed E-state index contributed by atoms with van der Waals surface area (Å²) in [5.41, 5.74) is 0.618. The van der Waals surface area contributed by atoms with Crippen molar-refractivity contribution >= 4 is 23.6 Å². The van der Waals surface area contributed by atoms with Crippen LogP contribution in [0.15, 0.2) is 29.2 Å². The number of carbonyl (C=O) groups is 2. The summed E-state index contributed by atoms with van der Waals surface area (Å²) in [5.74, 6) is -1.13. The van der Waals surface area contributed by atoms with Crippen molar-refractivity contribution in [2.24, 2.45) is 11.8 Å². The Labute approximate surface area is 123 Å². The molecule has 0 heterocycles. The number of nitrogens with one attached hydrogen (secondary N) is 1. The minimum absolute atomic E-state index is 0.0573. The molecule has 2 unspecified atom stereocenters. The molecule has 1 fully saturated rings. The zero-order valence-corrected chi connectivity index (χ0v) is 12.3. The molecule has 0 saturated heterocycles. The van der Waals surface area contributed by atoms with Crippen LogP contribution in [0.25, 0.3) is 0 Å². The van der Waals surface area contributed by atoms with E-state index in [0.717, 1.165) is 24.2 Å². The molecule has 0 aliphatic heterocycles. The molecule has 1 amide bonds. The fraction of sp³-hybridized carbons (Fsp3) is 0.467. The molecular formula is C15H19NO3S. The van der Waals surface area contributed by atoms with Gasteiger partial charge in [0, 0.05) is 17.0 Å². The second kappa shape index (κ2) is 6.79. The van der Waals surface area contributed by atoms with Crippen LogP contribution in [0.3, 0.4) is 0 Å². The van der Waals surface area contributed by atoms with Crippen molar-refractivity contribution in [3.63, 3.8) is 0 Å². The van der Waals surface area contributed by atoms with Crippen molar-refractivity contribution in [1.29, 1.82) is 0 Å². The first-order valence-corrected chi connectivity index (χ1v) is 7.99. The monoisotopic (exact) mass is 293 g/mol. The normalized spacial score (nSPS) is 21.6. The Morgan fingerprint density at radius 3 is 2.60 bits per heavy atom. The molecule has 1 aliphatic carbocycles. The number of carbonyl (C=O) groups excluding carboxylic acids is 1. The maximum Gasteiger partial charge on any atom is 0.306 e. The standard InChI is InChI=1S/C15H19NO3S/c1-20-12-7-5-10(6-8-12)14(17)16-9-11-3-2-4-13(11)15(18)19/h5-8,11,13H,2-4,9H2,1H3,(H,16,17)(H,18,19). The lowest BCUT2D eigenvalue weighted by atomic mass is 9.96. The molecule has 2 rings (SSSR count). The van der Waals surface area contributed by atoms with E-state index in [4.69, 9.17) is 5.11 Å². The second-order valence-electron chi connectivity index (χ2n) is 5.07. The van der Waals surface area contributed by atoms with Gasteiger partial charge in [-0.25, -0.2) is 0 Å². The van der Waals surface area contributed by atoms with Crippen LogP contribution in [-0.2, 0) is 4.79 Å².